The molecule has 0 saturated carbocycles. The number of ether oxygens (including phenoxy) is 2. The second kappa shape index (κ2) is 7.74. The predicted octanol–water partition coefficient (Wildman–Crippen LogP) is 4.15. The van der Waals surface area contributed by atoms with E-state index in [9.17, 15) is 4.79 Å². The number of benzene rings is 1. The molecule has 0 fully saturated rings. The van der Waals surface area contributed by atoms with Gasteiger partial charge in [0.15, 0.2) is 11.5 Å². The van der Waals surface area contributed by atoms with Crippen molar-refractivity contribution in [1.29, 1.82) is 0 Å². The van der Waals surface area contributed by atoms with Crippen molar-refractivity contribution in [3.05, 3.63) is 54.4 Å². The van der Waals surface area contributed by atoms with Crippen molar-refractivity contribution < 1.29 is 14.3 Å². The van der Waals surface area contributed by atoms with E-state index >= 15 is 0 Å². The Bertz CT molecular complexity index is 1130. The van der Waals surface area contributed by atoms with Crippen LogP contribution < -0.4 is 14.8 Å². The van der Waals surface area contributed by atoms with Crippen LogP contribution in [-0.2, 0) is 6.54 Å². The molecule has 1 N–H and O–H groups in total. The van der Waals surface area contributed by atoms with E-state index in [0.717, 1.165) is 18.6 Å². The number of hydrogen-bond donors (Lipinski definition) is 1. The average Bonchev–Trinajstić information content (AvgIpc) is 3.18. The van der Waals surface area contributed by atoms with Gasteiger partial charge in [0.2, 0.25) is 0 Å². The summed E-state index contributed by atoms with van der Waals surface area (Å²) in [7, 11) is 0. The molecule has 0 aliphatic carbocycles. The monoisotopic (exact) mass is 404 g/mol. The number of aryl methyl sites for hydroxylation is 1. The van der Waals surface area contributed by atoms with Gasteiger partial charge in [-0.15, -0.1) is 0 Å². The number of rotatable bonds is 3. The Balaban J connectivity index is 1.30. The molecular formula is C23H24N4O3. The molecule has 7 heteroatoms. The lowest BCUT2D eigenvalue weighted by Gasteiger charge is -2.27. The highest BCUT2D eigenvalue weighted by Gasteiger charge is 2.21. The van der Waals surface area contributed by atoms with Crippen LogP contribution in [0.1, 0.15) is 18.9 Å². The second-order valence-electron chi connectivity index (χ2n) is 7.42. The molecule has 0 saturated heterocycles. The van der Waals surface area contributed by atoms with Crippen molar-refractivity contribution in [2.75, 3.05) is 31.6 Å². The van der Waals surface area contributed by atoms with Gasteiger partial charge in [-0.25, -0.2) is 9.78 Å². The van der Waals surface area contributed by atoms with Gasteiger partial charge in [-0.3, -0.25) is 0 Å². The zero-order valence-electron chi connectivity index (χ0n) is 16.9. The number of carbonyl (C=O) groups is 1. The number of hydrogen-bond acceptors (Lipinski definition) is 4. The van der Waals surface area contributed by atoms with Crippen LogP contribution in [0.2, 0.25) is 0 Å². The van der Waals surface area contributed by atoms with Gasteiger partial charge in [0, 0.05) is 54.7 Å². The molecule has 30 heavy (non-hydrogen) atoms. The van der Waals surface area contributed by atoms with Crippen LogP contribution in [0.25, 0.3) is 16.6 Å². The number of urea groups is 1. The summed E-state index contributed by atoms with van der Waals surface area (Å²) >= 11 is 0. The van der Waals surface area contributed by atoms with Gasteiger partial charge in [0.25, 0.3) is 0 Å². The number of carbonyl (C=O) groups excluding carboxylic acids is 1. The molecule has 5 rings (SSSR count). The van der Waals surface area contributed by atoms with Gasteiger partial charge < -0.3 is 24.3 Å². The highest BCUT2D eigenvalue weighted by Crippen LogP contribution is 2.33. The smallest absolute Gasteiger partial charge is 0.322 e. The van der Waals surface area contributed by atoms with Crippen LogP contribution in [0.5, 0.6) is 11.5 Å². The first kappa shape index (κ1) is 18.5. The molecule has 0 radical (unpaired) electrons. The largest absolute Gasteiger partial charge is 0.486 e. The van der Waals surface area contributed by atoms with Gasteiger partial charge >= 0.3 is 6.03 Å². The van der Waals surface area contributed by atoms with E-state index in [1.165, 1.54) is 16.5 Å². The lowest BCUT2D eigenvalue weighted by atomic mass is 10.00. The molecule has 3 aromatic rings. The van der Waals surface area contributed by atoms with E-state index in [1.54, 1.807) is 0 Å². The standard InChI is InChI=1S/C23H24N4O3/c1-2-26-15-19(18-4-3-9-24-22(18)26)16-7-10-27(11-8-16)23(28)25-17-5-6-20-21(14-17)30-13-12-29-20/h3-7,9,14-15H,2,8,10-13H2,1H3,(H,25,28). The fourth-order valence-corrected chi connectivity index (χ4v) is 4.04. The zero-order valence-corrected chi connectivity index (χ0v) is 16.9. The van der Waals surface area contributed by atoms with Gasteiger partial charge in [-0.05, 0) is 43.2 Å². The summed E-state index contributed by atoms with van der Waals surface area (Å²) in [6.45, 7) is 5.32. The summed E-state index contributed by atoms with van der Waals surface area (Å²) in [6, 6.07) is 9.46. The average molecular weight is 404 g/mol. The Labute approximate surface area is 174 Å². The van der Waals surface area contributed by atoms with Crippen LogP contribution in [0.3, 0.4) is 0 Å². The molecule has 1 aromatic carbocycles. The SMILES string of the molecule is CCn1cc(C2=CCN(C(=O)Nc3ccc4c(c3)OCCO4)CC2)c2cccnc21. The summed E-state index contributed by atoms with van der Waals surface area (Å²) in [4.78, 5) is 19.1. The number of aromatic nitrogens is 2. The molecule has 2 amide bonds. The zero-order chi connectivity index (χ0) is 20.5. The normalized spacial score (nSPS) is 15.8. The minimum Gasteiger partial charge on any atom is -0.486 e. The Hall–Kier alpha value is -3.48. The first-order valence-electron chi connectivity index (χ1n) is 10.3. The van der Waals surface area contributed by atoms with E-state index in [1.807, 2.05) is 35.4 Å². The third-order valence-corrected chi connectivity index (χ3v) is 5.61. The van der Waals surface area contributed by atoms with Gasteiger partial charge in [-0.1, -0.05) is 6.08 Å². The number of pyridine rings is 1. The molecule has 2 aliphatic rings. The minimum atomic E-state index is -0.111. The lowest BCUT2D eigenvalue weighted by Crippen LogP contribution is -2.37. The molecule has 154 valence electrons. The first-order valence-corrected chi connectivity index (χ1v) is 10.3. The van der Waals surface area contributed by atoms with Crippen molar-refractivity contribution in [2.24, 2.45) is 0 Å². The number of nitrogens with one attached hydrogen (secondary N) is 1. The van der Waals surface area contributed by atoms with Crippen LogP contribution in [0.4, 0.5) is 10.5 Å². The third kappa shape index (κ3) is 3.36. The van der Waals surface area contributed by atoms with E-state index < -0.39 is 0 Å². The van der Waals surface area contributed by atoms with Crippen LogP contribution in [0.15, 0.2) is 48.8 Å². The van der Waals surface area contributed by atoms with Crippen LogP contribution >= 0.6 is 0 Å². The van der Waals surface area contributed by atoms with Gasteiger partial charge in [0.05, 0.1) is 0 Å². The molecule has 2 aromatic heterocycles. The molecule has 0 atom stereocenters. The maximum atomic E-state index is 12.7. The number of amides is 2. The summed E-state index contributed by atoms with van der Waals surface area (Å²) in [5, 5.41) is 4.13. The Morgan fingerprint density at radius 2 is 2.07 bits per heavy atom. The van der Waals surface area contributed by atoms with Gasteiger partial charge in [-0.2, -0.15) is 0 Å². The Kier molecular flexibility index (Phi) is 4.78. The molecule has 7 nitrogen and oxygen atoms in total. The maximum absolute atomic E-state index is 12.7. The van der Waals surface area contributed by atoms with Gasteiger partial charge in [0.1, 0.15) is 18.9 Å². The second-order valence-corrected chi connectivity index (χ2v) is 7.42. The molecule has 2 aliphatic heterocycles. The predicted molar refractivity (Wildman–Crippen MR) is 116 cm³/mol. The Morgan fingerprint density at radius 3 is 2.87 bits per heavy atom. The summed E-state index contributed by atoms with van der Waals surface area (Å²) in [6.07, 6.45) is 6.97. The molecule has 0 bridgehead atoms. The fourth-order valence-electron chi connectivity index (χ4n) is 4.04. The third-order valence-electron chi connectivity index (χ3n) is 5.61. The highest BCUT2D eigenvalue weighted by molar-refractivity contribution is 5.93. The summed E-state index contributed by atoms with van der Waals surface area (Å²) < 4.78 is 13.3. The number of nitrogens with zero attached hydrogens (tertiary/aromatic N) is 3. The fraction of sp³-hybridized carbons (Fsp3) is 0.304. The molecule has 4 heterocycles. The van der Waals surface area contributed by atoms with Crippen molar-refractivity contribution in [2.45, 2.75) is 19.9 Å². The van der Waals surface area contributed by atoms with Crippen molar-refractivity contribution in [3.8, 4) is 11.5 Å². The van der Waals surface area contributed by atoms with Crippen molar-refractivity contribution >= 4 is 28.3 Å². The summed E-state index contributed by atoms with van der Waals surface area (Å²) in [5.74, 6) is 1.38. The van der Waals surface area contributed by atoms with E-state index in [4.69, 9.17) is 9.47 Å². The molecule has 0 spiro atoms. The molecule has 0 unspecified atom stereocenters. The molecular weight excluding hydrogens is 380 g/mol. The van der Waals surface area contributed by atoms with E-state index in [0.29, 0.717) is 43.5 Å². The van der Waals surface area contributed by atoms with Crippen molar-refractivity contribution in [3.63, 3.8) is 0 Å². The number of anilines is 1. The minimum absolute atomic E-state index is 0.111. The van der Waals surface area contributed by atoms with Crippen LogP contribution in [0, 0.1) is 0 Å². The van der Waals surface area contributed by atoms with Crippen molar-refractivity contribution in [1.82, 2.24) is 14.5 Å². The highest BCUT2D eigenvalue weighted by atomic mass is 16.6. The summed E-state index contributed by atoms with van der Waals surface area (Å²) in [5.41, 5.74) is 4.20. The quantitative estimate of drug-likeness (QED) is 0.712. The Morgan fingerprint density at radius 1 is 1.20 bits per heavy atom. The lowest BCUT2D eigenvalue weighted by molar-refractivity contribution is 0.171. The first-order chi connectivity index (χ1) is 14.7. The maximum Gasteiger partial charge on any atom is 0.322 e. The van der Waals surface area contributed by atoms with Crippen LogP contribution in [-0.4, -0.2) is 46.8 Å². The van der Waals surface area contributed by atoms with E-state index in [2.05, 4.69) is 40.1 Å². The topological polar surface area (TPSA) is 68.6 Å². The van der Waals surface area contributed by atoms with E-state index in [-0.39, 0.29) is 6.03 Å². The number of fused-ring (bicyclic) bond motifs is 2.